The fourth-order valence-corrected chi connectivity index (χ4v) is 2.61. The second-order valence-electron chi connectivity index (χ2n) is 5.05. The molecule has 0 bridgehead atoms. The summed E-state index contributed by atoms with van der Waals surface area (Å²) in [6.45, 7) is 0. The van der Waals surface area contributed by atoms with Crippen molar-refractivity contribution in [1.82, 2.24) is 14.4 Å². The third-order valence-electron chi connectivity index (χ3n) is 3.70. The third-order valence-corrected chi connectivity index (χ3v) is 3.70. The topological polar surface area (TPSA) is 30.2 Å². The Morgan fingerprint density at radius 1 is 1.05 bits per heavy atom. The molecule has 1 unspecified atom stereocenters. The molecule has 0 aliphatic heterocycles. The molecule has 3 nitrogen and oxygen atoms in total. The molecule has 108 valence electrons. The minimum absolute atomic E-state index is 0.127. The van der Waals surface area contributed by atoms with E-state index in [1.165, 1.54) is 22.7 Å². The average molecular weight is 295 g/mol. The zero-order chi connectivity index (χ0) is 15.1. The molecule has 0 aliphatic carbocycles. The number of benzene rings is 1. The summed E-state index contributed by atoms with van der Waals surface area (Å²) in [5.74, 6) is -0.469. The van der Waals surface area contributed by atoms with Crippen LogP contribution in [0.1, 0.15) is 17.4 Å². The van der Waals surface area contributed by atoms with Crippen LogP contribution in [0.3, 0.4) is 0 Å². The first kappa shape index (κ1) is 12.9. The van der Waals surface area contributed by atoms with Crippen LogP contribution >= 0.6 is 0 Å². The van der Waals surface area contributed by atoms with E-state index >= 15 is 0 Å². The van der Waals surface area contributed by atoms with Crippen LogP contribution in [0, 0.1) is 5.82 Å². The van der Waals surface area contributed by atoms with Gasteiger partial charge in [0.15, 0.2) is 17.6 Å². The smallest absolute Gasteiger partial charge is 0.173 e. The van der Waals surface area contributed by atoms with Gasteiger partial charge >= 0.3 is 0 Å². The van der Waals surface area contributed by atoms with Gasteiger partial charge in [0.05, 0.1) is 17.4 Å². The number of halogens is 2. The van der Waals surface area contributed by atoms with Crippen molar-refractivity contribution in [2.45, 2.75) is 6.17 Å². The van der Waals surface area contributed by atoms with Crippen molar-refractivity contribution in [3.63, 3.8) is 0 Å². The Bertz CT molecular complexity index is 978. The zero-order valence-corrected chi connectivity index (χ0v) is 11.4. The molecule has 0 fully saturated rings. The summed E-state index contributed by atoms with van der Waals surface area (Å²) in [7, 11) is 0. The summed E-state index contributed by atoms with van der Waals surface area (Å²) in [6.07, 6.45) is 3.29. The maximum Gasteiger partial charge on any atom is 0.173 e. The molecule has 4 aromatic rings. The Morgan fingerprint density at radius 2 is 1.95 bits per heavy atom. The second-order valence-corrected chi connectivity index (χ2v) is 5.05. The summed E-state index contributed by atoms with van der Waals surface area (Å²) in [6, 6.07) is 11.8. The molecule has 0 saturated heterocycles. The molecular formula is C17H11F2N3. The van der Waals surface area contributed by atoms with Crippen LogP contribution in [0.2, 0.25) is 0 Å². The zero-order valence-electron chi connectivity index (χ0n) is 11.4. The molecule has 0 radical (unpaired) electrons. The number of nitrogens with zero attached hydrogens (tertiary/aromatic N) is 3. The van der Waals surface area contributed by atoms with Crippen molar-refractivity contribution >= 4 is 16.6 Å². The number of alkyl halides is 1. The lowest BCUT2D eigenvalue weighted by Gasteiger charge is -2.09. The van der Waals surface area contributed by atoms with Gasteiger partial charge in [0.25, 0.3) is 0 Å². The van der Waals surface area contributed by atoms with E-state index in [0.29, 0.717) is 11.3 Å². The average Bonchev–Trinajstić information content (AvgIpc) is 2.99. The molecule has 0 amide bonds. The molecule has 22 heavy (non-hydrogen) atoms. The highest BCUT2D eigenvalue weighted by molar-refractivity contribution is 5.79. The predicted molar refractivity (Wildman–Crippen MR) is 79.8 cm³/mol. The van der Waals surface area contributed by atoms with Gasteiger partial charge in [0, 0.05) is 17.8 Å². The summed E-state index contributed by atoms with van der Waals surface area (Å²) < 4.78 is 30.0. The van der Waals surface area contributed by atoms with Crippen molar-refractivity contribution < 1.29 is 8.78 Å². The maximum absolute atomic E-state index is 14.9. The maximum atomic E-state index is 14.9. The molecule has 0 N–H and O–H groups in total. The van der Waals surface area contributed by atoms with Crippen LogP contribution in [0.5, 0.6) is 0 Å². The quantitative estimate of drug-likeness (QED) is 0.558. The first-order valence-electron chi connectivity index (χ1n) is 6.84. The Hall–Kier alpha value is -2.82. The molecule has 0 saturated carbocycles. The van der Waals surface area contributed by atoms with Gasteiger partial charge < -0.3 is 0 Å². The molecule has 5 heteroatoms. The van der Waals surface area contributed by atoms with Crippen LogP contribution in [-0.2, 0) is 0 Å². The lowest BCUT2D eigenvalue weighted by atomic mass is 10.1. The number of hydrogen-bond acceptors (Lipinski definition) is 2. The molecule has 3 aromatic heterocycles. The van der Waals surface area contributed by atoms with Gasteiger partial charge in [-0.3, -0.25) is 9.38 Å². The van der Waals surface area contributed by atoms with E-state index in [9.17, 15) is 8.78 Å². The highest BCUT2D eigenvalue weighted by Crippen LogP contribution is 2.29. The van der Waals surface area contributed by atoms with E-state index in [0.717, 1.165) is 10.9 Å². The normalized spacial score (nSPS) is 12.8. The van der Waals surface area contributed by atoms with Gasteiger partial charge in [-0.25, -0.2) is 13.8 Å². The fourth-order valence-electron chi connectivity index (χ4n) is 2.61. The van der Waals surface area contributed by atoms with Crippen molar-refractivity contribution in [3.8, 4) is 0 Å². The minimum atomic E-state index is -1.39. The fraction of sp³-hybridized carbons (Fsp3) is 0.0588. The van der Waals surface area contributed by atoms with Gasteiger partial charge in [-0.1, -0.05) is 12.1 Å². The van der Waals surface area contributed by atoms with Crippen LogP contribution in [-0.4, -0.2) is 14.4 Å². The van der Waals surface area contributed by atoms with Gasteiger partial charge in [-0.15, -0.1) is 0 Å². The van der Waals surface area contributed by atoms with Gasteiger partial charge in [-0.2, -0.15) is 0 Å². The summed E-state index contributed by atoms with van der Waals surface area (Å²) in [5.41, 5.74) is 1.73. The van der Waals surface area contributed by atoms with E-state index in [2.05, 4.69) is 9.97 Å². The van der Waals surface area contributed by atoms with E-state index in [-0.39, 0.29) is 5.65 Å². The molecular weight excluding hydrogens is 284 g/mol. The highest BCUT2D eigenvalue weighted by Gasteiger charge is 2.18. The lowest BCUT2D eigenvalue weighted by Crippen LogP contribution is -2.00. The number of pyridine rings is 2. The number of imidazole rings is 1. The number of fused-ring (bicyclic) bond motifs is 2. The van der Waals surface area contributed by atoms with Crippen LogP contribution in [0.15, 0.2) is 61.1 Å². The van der Waals surface area contributed by atoms with Crippen molar-refractivity contribution in [3.05, 3.63) is 78.1 Å². The highest BCUT2D eigenvalue weighted by atomic mass is 19.1. The molecule has 1 atom stereocenters. The minimum Gasteiger partial charge on any atom is -0.298 e. The number of aromatic nitrogens is 3. The monoisotopic (exact) mass is 295 g/mol. The van der Waals surface area contributed by atoms with Crippen molar-refractivity contribution in [1.29, 1.82) is 0 Å². The SMILES string of the molecule is Fc1cccn2c(C(F)c3ccc4ncccc4c3)cnc12. The van der Waals surface area contributed by atoms with Crippen LogP contribution < -0.4 is 0 Å². The Balaban J connectivity index is 1.84. The van der Waals surface area contributed by atoms with Gasteiger partial charge in [-0.05, 0) is 35.9 Å². The second kappa shape index (κ2) is 4.87. The summed E-state index contributed by atoms with van der Waals surface area (Å²) in [4.78, 5) is 8.18. The van der Waals surface area contributed by atoms with Crippen molar-refractivity contribution in [2.75, 3.05) is 0 Å². The Labute approximate surface area is 124 Å². The number of rotatable bonds is 2. The van der Waals surface area contributed by atoms with Crippen LogP contribution in [0.4, 0.5) is 8.78 Å². The van der Waals surface area contributed by atoms with E-state index in [4.69, 9.17) is 0 Å². The van der Waals surface area contributed by atoms with Crippen molar-refractivity contribution in [2.24, 2.45) is 0 Å². The van der Waals surface area contributed by atoms with E-state index in [1.807, 2.05) is 12.1 Å². The molecule has 3 heterocycles. The van der Waals surface area contributed by atoms with E-state index < -0.39 is 12.0 Å². The third kappa shape index (κ3) is 1.94. The first-order chi connectivity index (χ1) is 10.7. The molecule has 4 rings (SSSR count). The largest absolute Gasteiger partial charge is 0.298 e. The molecule has 1 aromatic carbocycles. The summed E-state index contributed by atoms with van der Waals surface area (Å²) >= 11 is 0. The Morgan fingerprint density at radius 3 is 2.86 bits per heavy atom. The standard InChI is InChI=1S/C17H11F2N3/c18-13-4-2-8-22-15(10-21-17(13)22)16(19)12-5-6-14-11(9-12)3-1-7-20-14/h1-10,16H. The van der Waals surface area contributed by atoms with Gasteiger partial charge in [0.2, 0.25) is 0 Å². The lowest BCUT2D eigenvalue weighted by molar-refractivity contribution is 0.391. The molecule has 0 aliphatic rings. The Kier molecular flexibility index (Phi) is 2.85. The molecule has 0 spiro atoms. The predicted octanol–water partition coefficient (Wildman–Crippen LogP) is 4.08. The van der Waals surface area contributed by atoms with Gasteiger partial charge in [0.1, 0.15) is 0 Å². The van der Waals surface area contributed by atoms with E-state index in [1.54, 1.807) is 30.6 Å². The van der Waals surface area contributed by atoms with Crippen LogP contribution in [0.25, 0.3) is 16.6 Å². The first-order valence-corrected chi connectivity index (χ1v) is 6.84. The number of hydrogen-bond donors (Lipinski definition) is 0. The summed E-state index contributed by atoms with van der Waals surface area (Å²) in [5, 5.41) is 0.864.